The third-order valence-corrected chi connectivity index (χ3v) is 8.51. The monoisotopic (exact) mass is 714 g/mol. The maximum atomic E-state index is 13.5. The van der Waals surface area contributed by atoms with E-state index in [0.717, 1.165) is 22.3 Å². The van der Waals surface area contributed by atoms with Crippen molar-refractivity contribution in [3.05, 3.63) is 89.5 Å². The Bertz CT molecular complexity index is 1690. The lowest BCUT2D eigenvalue weighted by atomic mass is 9.98. The summed E-state index contributed by atoms with van der Waals surface area (Å²) in [5.41, 5.74) is 4.66. The van der Waals surface area contributed by atoms with Crippen LogP contribution in [0.1, 0.15) is 83.4 Å². The average molecular weight is 715 g/mol. The number of rotatable bonds is 15. The van der Waals surface area contributed by atoms with E-state index in [0.29, 0.717) is 11.3 Å². The van der Waals surface area contributed by atoms with Gasteiger partial charge in [-0.3, -0.25) is 19.2 Å². The quantitative estimate of drug-likeness (QED) is 0.134. The fraction of sp³-hybridized carbons (Fsp3) is 0.425. The number of esters is 1. The summed E-state index contributed by atoms with van der Waals surface area (Å²) in [5, 5.41) is 20.0. The minimum absolute atomic E-state index is 0.0149. The molecule has 0 bridgehead atoms. The van der Waals surface area contributed by atoms with Gasteiger partial charge in [0.15, 0.2) is 0 Å². The van der Waals surface area contributed by atoms with Gasteiger partial charge >= 0.3 is 12.1 Å². The molecule has 0 saturated carbocycles. The predicted octanol–water partition coefficient (Wildman–Crippen LogP) is 5.18. The number of anilines is 1. The summed E-state index contributed by atoms with van der Waals surface area (Å²) >= 11 is 0. The van der Waals surface area contributed by atoms with Crippen molar-refractivity contribution in [2.24, 2.45) is 5.92 Å². The molecule has 4 amide bonds. The van der Waals surface area contributed by atoms with Crippen molar-refractivity contribution in [2.75, 3.05) is 11.9 Å². The summed E-state index contributed by atoms with van der Waals surface area (Å²) in [7, 11) is 0. The molecule has 3 atom stereocenters. The predicted molar refractivity (Wildman–Crippen MR) is 197 cm³/mol. The van der Waals surface area contributed by atoms with Gasteiger partial charge in [0.1, 0.15) is 30.3 Å². The van der Waals surface area contributed by atoms with E-state index < -0.39 is 53.5 Å². The molecule has 4 rings (SSSR count). The number of alkyl carbamates (subject to hydrolysis) is 1. The normalized spacial score (nSPS) is 13.9. The summed E-state index contributed by atoms with van der Waals surface area (Å²) in [6.45, 7) is 10.4. The van der Waals surface area contributed by atoms with Crippen LogP contribution >= 0.6 is 0 Å². The van der Waals surface area contributed by atoms with Crippen LogP contribution in [0.5, 0.6) is 0 Å². The molecule has 0 spiro atoms. The molecule has 0 aromatic heterocycles. The van der Waals surface area contributed by atoms with E-state index in [2.05, 4.69) is 21.3 Å². The zero-order valence-electron chi connectivity index (χ0n) is 30.7. The van der Waals surface area contributed by atoms with Crippen LogP contribution in [0.4, 0.5) is 10.5 Å². The Morgan fingerprint density at radius 3 is 1.90 bits per heavy atom. The lowest BCUT2D eigenvalue weighted by Crippen LogP contribution is -2.55. The zero-order chi connectivity index (χ0) is 38.0. The van der Waals surface area contributed by atoms with Gasteiger partial charge in [0.2, 0.25) is 17.7 Å². The molecule has 3 aromatic rings. The number of carbonyl (C=O) groups excluding carboxylic acids is 5. The van der Waals surface area contributed by atoms with E-state index in [1.54, 1.807) is 45.0 Å². The first-order valence-corrected chi connectivity index (χ1v) is 17.6. The molecule has 1 aliphatic rings. The first kappa shape index (κ1) is 39.6. The topological polar surface area (TPSA) is 172 Å². The number of nitrogens with one attached hydrogen (secondary N) is 4. The van der Waals surface area contributed by atoms with Gasteiger partial charge in [-0.25, -0.2) is 4.79 Å². The number of fused-ring (bicyclic) bond motifs is 3. The van der Waals surface area contributed by atoms with Crippen molar-refractivity contribution in [1.29, 1.82) is 0 Å². The van der Waals surface area contributed by atoms with Gasteiger partial charge in [0, 0.05) is 18.0 Å². The van der Waals surface area contributed by atoms with Crippen LogP contribution in [-0.4, -0.2) is 65.2 Å². The number of amides is 4. The highest BCUT2D eigenvalue weighted by Crippen LogP contribution is 2.44. The van der Waals surface area contributed by atoms with Crippen molar-refractivity contribution in [3.8, 4) is 11.1 Å². The molecule has 0 heterocycles. The molecule has 278 valence electrons. The second kappa shape index (κ2) is 17.8. The van der Waals surface area contributed by atoms with E-state index >= 15 is 0 Å². The van der Waals surface area contributed by atoms with Crippen molar-refractivity contribution in [1.82, 2.24) is 16.0 Å². The number of ether oxygens (including phenoxy) is 2. The fourth-order valence-corrected chi connectivity index (χ4v) is 6.01. The van der Waals surface area contributed by atoms with E-state index in [1.165, 1.54) is 6.92 Å². The number of aliphatic hydroxyl groups excluding tert-OH is 1. The van der Waals surface area contributed by atoms with Gasteiger partial charge in [0.05, 0.1) is 6.61 Å². The molecule has 0 saturated heterocycles. The lowest BCUT2D eigenvalue weighted by molar-refractivity contribution is -0.155. The van der Waals surface area contributed by atoms with Gasteiger partial charge < -0.3 is 35.8 Å². The maximum Gasteiger partial charge on any atom is 0.407 e. The molecule has 3 aromatic carbocycles. The van der Waals surface area contributed by atoms with Crippen molar-refractivity contribution in [2.45, 2.75) is 97.1 Å². The van der Waals surface area contributed by atoms with Crippen LogP contribution in [0.2, 0.25) is 0 Å². The smallest absolute Gasteiger partial charge is 0.407 e. The summed E-state index contributed by atoms with van der Waals surface area (Å²) < 4.78 is 11.0. The Hall–Kier alpha value is -5.23. The van der Waals surface area contributed by atoms with E-state index in [1.807, 2.05) is 62.4 Å². The van der Waals surface area contributed by atoms with Crippen LogP contribution in [-0.2, 0) is 35.3 Å². The first-order valence-electron chi connectivity index (χ1n) is 17.6. The molecule has 0 unspecified atom stereocenters. The Morgan fingerprint density at radius 1 is 0.750 bits per heavy atom. The fourth-order valence-electron chi connectivity index (χ4n) is 6.01. The summed E-state index contributed by atoms with van der Waals surface area (Å²) in [6, 6.07) is 19.2. The van der Waals surface area contributed by atoms with Crippen LogP contribution < -0.4 is 21.3 Å². The minimum atomic E-state index is -1.15. The standard InChI is InChI=1S/C40H50N4O8/c1-24(2)21-34(44-39(50)51-23-32-30-13-9-7-11-28(30)29-12-8-10-14-31(29)32)38(49)41-25(3)36(47)43-33(19-20-35(46)52-40(4,5)6)37(48)42-27-17-15-26(22-45)16-18-27/h7-18,24-25,32-34,45H,19-23H2,1-6H3,(H,41,49)(H,42,48)(H,43,47)(H,44,50)/t25-,33-,34+/m0/s1. The van der Waals surface area contributed by atoms with Gasteiger partial charge in [-0.1, -0.05) is 74.5 Å². The Labute approximate surface area is 305 Å². The third-order valence-electron chi connectivity index (χ3n) is 8.51. The number of aliphatic hydroxyl groups is 1. The van der Waals surface area contributed by atoms with E-state index in [9.17, 15) is 29.1 Å². The highest BCUT2D eigenvalue weighted by Gasteiger charge is 2.32. The van der Waals surface area contributed by atoms with Crippen molar-refractivity contribution < 1.29 is 38.6 Å². The highest BCUT2D eigenvalue weighted by atomic mass is 16.6. The maximum absolute atomic E-state index is 13.5. The van der Waals surface area contributed by atoms with Gasteiger partial charge in [-0.2, -0.15) is 0 Å². The number of carbonyl (C=O) groups is 5. The van der Waals surface area contributed by atoms with E-state index in [-0.39, 0.29) is 44.3 Å². The van der Waals surface area contributed by atoms with Crippen molar-refractivity contribution in [3.63, 3.8) is 0 Å². The Balaban J connectivity index is 1.38. The largest absolute Gasteiger partial charge is 0.460 e. The first-order chi connectivity index (χ1) is 24.6. The Morgan fingerprint density at radius 2 is 1.35 bits per heavy atom. The second-order valence-corrected chi connectivity index (χ2v) is 14.4. The highest BCUT2D eigenvalue weighted by molar-refractivity contribution is 5.99. The van der Waals surface area contributed by atoms with E-state index in [4.69, 9.17) is 9.47 Å². The van der Waals surface area contributed by atoms with Crippen molar-refractivity contribution >= 4 is 35.5 Å². The molecule has 12 nitrogen and oxygen atoms in total. The average Bonchev–Trinajstić information content (AvgIpc) is 3.41. The van der Waals surface area contributed by atoms with Gasteiger partial charge in [-0.15, -0.1) is 0 Å². The van der Waals surface area contributed by atoms with Gasteiger partial charge in [-0.05, 0) is 86.4 Å². The molecule has 12 heteroatoms. The number of hydrogen-bond donors (Lipinski definition) is 5. The molecule has 0 aliphatic heterocycles. The second-order valence-electron chi connectivity index (χ2n) is 14.4. The molecule has 1 aliphatic carbocycles. The van der Waals surface area contributed by atoms with Gasteiger partial charge in [0.25, 0.3) is 0 Å². The summed E-state index contributed by atoms with van der Waals surface area (Å²) in [4.78, 5) is 65.7. The molecule has 0 radical (unpaired) electrons. The van der Waals surface area contributed by atoms with Crippen LogP contribution in [0.15, 0.2) is 72.8 Å². The lowest BCUT2D eigenvalue weighted by Gasteiger charge is -2.25. The molecule has 5 N–H and O–H groups in total. The molecular formula is C40H50N4O8. The number of hydrogen-bond acceptors (Lipinski definition) is 8. The summed E-state index contributed by atoms with van der Waals surface area (Å²) in [6.07, 6.45) is -0.701. The third kappa shape index (κ3) is 11.1. The zero-order valence-corrected chi connectivity index (χ0v) is 30.7. The molecule has 52 heavy (non-hydrogen) atoms. The van der Waals surface area contributed by atoms with Crippen LogP contribution in [0.3, 0.4) is 0 Å². The SMILES string of the molecule is CC(C)C[C@@H](NC(=O)OCC1c2ccccc2-c2ccccc21)C(=O)N[C@@H](C)C(=O)N[C@@H](CCC(=O)OC(C)(C)C)C(=O)Nc1ccc(CO)cc1. The number of benzene rings is 3. The molecular weight excluding hydrogens is 664 g/mol. The van der Waals surface area contributed by atoms with Crippen LogP contribution in [0, 0.1) is 5.92 Å². The minimum Gasteiger partial charge on any atom is -0.460 e. The molecule has 0 fully saturated rings. The Kier molecular flexibility index (Phi) is 13.5. The summed E-state index contributed by atoms with van der Waals surface area (Å²) in [5.74, 6) is -2.52. The van der Waals surface area contributed by atoms with Crippen LogP contribution in [0.25, 0.3) is 11.1 Å².